The Morgan fingerprint density at radius 1 is 1.00 bits per heavy atom. The van der Waals surface area contributed by atoms with Crippen molar-refractivity contribution in [1.82, 2.24) is 0 Å². The van der Waals surface area contributed by atoms with Crippen molar-refractivity contribution in [3.8, 4) is 6.07 Å². The Labute approximate surface area is 93.6 Å². The SMILES string of the molecule is N#Cc1c2ccc[c]c2cc2ccccc12. The van der Waals surface area contributed by atoms with Crippen LogP contribution in [-0.2, 0) is 0 Å². The van der Waals surface area contributed by atoms with Gasteiger partial charge in [0.05, 0.1) is 5.56 Å². The zero-order valence-electron chi connectivity index (χ0n) is 8.57. The lowest BCUT2D eigenvalue weighted by atomic mass is 9.98. The van der Waals surface area contributed by atoms with Gasteiger partial charge in [-0.1, -0.05) is 42.5 Å². The Bertz CT molecular complexity index is 666. The highest BCUT2D eigenvalue weighted by Crippen LogP contribution is 2.27. The van der Waals surface area contributed by atoms with Crippen molar-refractivity contribution < 1.29 is 0 Å². The predicted molar refractivity (Wildman–Crippen MR) is 65.0 cm³/mol. The van der Waals surface area contributed by atoms with Crippen LogP contribution in [0.3, 0.4) is 0 Å². The van der Waals surface area contributed by atoms with E-state index in [2.05, 4.69) is 18.2 Å². The van der Waals surface area contributed by atoms with E-state index in [1.54, 1.807) is 0 Å². The molecule has 16 heavy (non-hydrogen) atoms. The summed E-state index contributed by atoms with van der Waals surface area (Å²) in [7, 11) is 0. The molecule has 1 radical (unpaired) electrons. The van der Waals surface area contributed by atoms with Gasteiger partial charge in [-0.25, -0.2) is 0 Å². The zero-order chi connectivity index (χ0) is 11.0. The van der Waals surface area contributed by atoms with Crippen LogP contribution in [-0.4, -0.2) is 0 Å². The maximum absolute atomic E-state index is 9.27. The summed E-state index contributed by atoms with van der Waals surface area (Å²) >= 11 is 0. The molecule has 3 aromatic rings. The fourth-order valence-corrected chi connectivity index (χ4v) is 2.06. The van der Waals surface area contributed by atoms with E-state index >= 15 is 0 Å². The van der Waals surface area contributed by atoms with Crippen LogP contribution >= 0.6 is 0 Å². The Morgan fingerprint density at radius 3 is 2.69 bits per heavy atom. The quantitative estimate of drug-likeness (QED) is 0.510. The first kappa shape index (κ1) is 8.94. The van der Waals surface area contributed by atoms with Gasteiger partial charge in [0.25, 0.3) is 0 Å². The van der Waals surface area contributed by atoms with E-state index < -0.39 is 0 Å². The minimum atomic E-state index is 0.741. The fraction of sp³-hybridized carbons (Fsp3) is 0. The van der Waals surface area contributed by atoms with Crippen molar-refractivity contribution in [2.75, 3.05) is 0 Å². The molecular formula is C15H8N. The monoisotopic (exact) mass is 202 g/mol. The van der Waals surface area contributed by atoms with Crippen LogP contribution in [0.5, 0.6) is 0 Å². The van der Waals surface area contributed by atoms with Gasteiger partial charge in [-0.3, -0.25) is 0 Å². The number of hydrogen-bond acceptors (Lipinski definition) is 1. The molecule has 0 heterocycles. The molecule has 0 bridgehead atoms. The molecule has 0 unspecified atom stereocenters. The summed E-state index contributed by atoms with van der Waals surface area (Å²) in [5.41, 5.74) is 0.741. The van der Waals surface area contributed by atoms with Gasteiger partial charge in [0.15, 0.2) is 0 Å². The van der Waals surface area contributed by atoms with Crippen molar-refractivity contribution in [3.05, 3.63) is 60.2 Å². The van der Waals surface area contributed by atoms with Crippen molar-refractivity contribution in [1.29, 1.82) is 5.26 Å². The molecule has 0 spiro atoms. The fourth-order valence-electron chi connectivity index (χ4n) is 2.06. The topological polar surface area (TPSA) is 23.8 Å². The Hall–Kier alpha value is -2.33. The molecule has 0 saturated heterocycles. The summed E-state index contributed by atoms with van der Waals surface area (Å²) in [6.07, 6.45) is 0. The van der Waals surface area contributed by atoms with Gasteiger partial charge in [0.2, 0.25) is 0 Å². The van der Waals surface area contributed by atoms with E-state index in [1.165, 1.54) is 0 Å². The lowest BCUT2D eigenvalue weighted by molar-refractivity contribution is 1.52. The van der Waals surface area contributed by atoms with Gasteiger partial charge in [-0.2, -0.15) is 5.26 Å². The standard InChI is InChI=1S/C15H8N/c16-10-15-13-7-3-1-5-11(13)9-12-6-2-4-8-14(12)15/h1-5,7-9H. The number of nitrogens with zero attached hydrogens (tertiary/aromatic N) is 1. The average molecular weight is 202 g/mol. The molecule has 0 amide bonds. The normalized spacial score (nSPS) is 10.4. The van der Waals surface area contributed by atoms with Crippen LogP contribution in [0.2, 0.25) is 0 Å². The molecule has 0 aliphatic heterocycles. The number of rotatable bonds is 0. The first-order chi connectivity index (χ1) is 7.90. The van der Waals surface area contributed by atoms with Crippen molar-refractivity contribution in [2.24, 2.45) is 0 Å². The van der Waals surface area contributed by atoms with Gasteiger partial charge in [-0.15, -0.1) is 0 Å². The summed E-state index contributed by atoms with van der Waals surface area (Å²) in [4.78, 5) is 0. The highest BCUT2D eigenvalue weighted by atomic mass is 14.2. The van der Waals surface area contributed by atoms with Gasteiger partial charge in [0, 0.05) is 10.8 Å². The Kier molecular flexibility index (Phi) is 1.88. The van der Waals surface area contributed by atoms with Gasteiger partial charge < -0.3 is 0 Å². The molecule has 1 nitrogen and oxygen atoms in total. The second-order valence-corrected chi connectivity index (χ2v) is 3.72. The average Bonchev–Trinajstić information content (AvgIpc) is 2.36. The predicted octanol–water partition coefficient (Wildman–Crippen LogP) is 3.66. The number of fused-ring (bicyclic) bond motifs is 2. The van der Waals surface area contributed by atoms with E-state index in [0.29, 0.717) is 0 Å². The van der Waals surface area contributed by atoms with Crippen molar-refractivity contribution in [3.63, 3.8) is 0 Å². The molecule has 1 heteroatoms. The van der Waals surface area contributed by atoms with Crippen molar-refractivity contribution >= 4 is 21.5 Å². The number of benzene rings is 3. The van der Waals surface area contributed by atoms with E-state index in [4.69, 9.17) is 0 Å². The van der Waals surface area contributed by atoms with Crippen LogP contribution in [0.1, 0.15) is 5.56 Å². The minimum absolute atomic E-state index is 0.741. The molecule has 0 N–H and O–H groups in total. The summed E-state index contributed by atoms with van der Waals surface area (Å²) in [6, 6.07) is 21.2. The summed E-state index contributed by atoms with van der Waals surface area (Å²) in [5, 5.41) is 13.3. The largest absolute Gasteiger partial charge is 0.192 e. The third-order valence-corrected chi connectivity index (χ3v) is 2.80. The number of nitriles is 1. The van der Waals surface area contributed by atoms with E-state index in [1.807, 2.05) is 42.5 Å². The lowest BCUT2D eigenvalue weighted by Crippen LogP contribution is -1.83. The third kappa shape index (κ3) is 1.17. The Morgan fingerprint density at radius 2 is 1.81 bits per heavy atom. The summed E-state index contributed by atoms with van der Waals surface area (Å²) in [6.45, 7) is 0. The van der Waals surface area contributed by atoms with Gasteiger partial charge in [-0.05, 0) is 22.9 Å². The molecule has 0 saturated carbocycles. The maximum Gasteiger partial charge on any atom is 0.100 e. The van der Waals surface area contributed by atoms with E-state index in [-0.39, 0.29) is 0 Å². The molecule has 0 fully saturated rings. The lowest BCUT2D eigenvalue weighted by Gasteiger charge is -2.04. The number of hydrogen-bond donors (Lipinski definition) is 0. The first-order valence-corrected chi connectivity index (χ1v) is 5.12. The maximum atomic E-state index is 9.27. The molecule has 3 aromatic carbocycles. The smallest absolute Gasteiger partial charge is 0.100 e. The molecule has 0 aliphatic rings. The summed E-state index contributed by atoms with van der Waals surface area (Å²) < 4.78 is 0. The molecule has 0 atom stereocenters. The van der Waals surface area contributed by atoms with Crippen LogP contribution in [0.4, 0.5) is 0 Å². The van der Waals surface area contributed by atoms with Crippen LogP contribution in [0, 0.1) is 17.4 Å². The third-order valence-electron chi connectivity index (χ3n) is 2.80. The molecule has 0 aromatic heterocycles. The highest BCUT2D eigenvalue weighted by Gasteiger charge is 2.05. The second-order valence-electron chi connectivity index (χ2n) is 3.72. The van der Waals surface area contributed by atoms with E-state index in [9.17, 15) is 5.26 Å². The molecule has 0 aliphatic carbocycles. The first-order valence-electron chi connectivity index (χ1n) is 5.12. The second kappa shape index (κ2) is 3.36. The Balaban J connectivity index is 2.63. The molecule has 3 rings (SSSR count). The van der Waals surface area contributed by atoms with Gasteiger partial charge in [0.1, 0.15) is 6.07 Å². The van der Waals surface area contributed by atoms with Crippen LogP contribution < -0.4 is 0 Å². The van der Waals surface area contributed by atoms with Gasteiger partial charge >= 0.3 is 0 Å². The minimum Gasteiger partial charge on any atom is -0.192 e. The molecule has 73 valence electrons. The summed E-state index contributed by atoms with van der Waals surface area (Å²) in [5.74, 6) is 0. The highest BCUT2D eigenvalue weighted by molar-refractivity contribution is 6.03. The van der Waals surface area contributed by atoms with Crippen LogP contribution in [0.15, 0.2) is 48.5 Å². The van der Waals surface area contributed by atoms with Crippen LogP contribution in [0.25, 0.3) is 21.5 Å². The zero-order valence-corrected chi connectivity index (χ0v) is 8.57. The van der Waals surface area contributed by atoms with Crippen molar-refractivity contribution in [2.45, 2.75) is 0 Å². The van der Waals surface area contributed by atoms with E-state index in [0.717, 1.165) is 27.1 Å². The molecular weight excluding hydrogens is 194 g/mol.